The number of aryl methyl sites for hydroxylation is 3. The lowest BCUT2D eigenvalue weighted by Gasteiger charge is -2.17. The molecule has 0 spiro atoms. The molecule has 0 bridgehead atoms. The molecule has 2 aromatic heterocycles. The van der Waals surface area contributed by atoms with Crippen LogP contribution in [0.25, 0.3) is 0 Å². The van der Waals surface area contributed by atoms with Gasteiger partial charge in [0, 0.05) is 28.7 Å². The fourth-order valence-corrected chi connectivity index (χ4v) is 4.54. The van der Waals surface area contributed by atoms with Gasteiger partial charge in [0.2, 0.25) is 0 Å². The van der Waals surface area contributed by atoms with Gasteiger partial charge in [0.1, 0.15) is 11.9 Å². The number of hydrogen-bond donors (Lipinski definition) is 1. The molecular formula is C17H25N3S. The normalized spacial score (nSPS) is 16.5. The van der Waals surface area contributed by atoms with Crippen molar-refractivity contribution in [2.45, 2.75) is 58.5 Å². The first-order chi connectivity index (χ1) is 10.3. The minimum absolute atomic E-state index is 0.238. The molecule has 2 heterocycles. The zero-order chi connectivity index (χ0) is 14.7. The average molecular weight is 303 g/mol. The van der Waals surface area contributed by atoms with E-state index in [2.05, 4.69) is 41.0 Å². The summed E-state index contributed by atoms with van der Waals surface area (Å²) in [6, 6.07) is 2.68. The molecule has 3 rings (SSSR count). The first-order valence-electron chi connectivity index (χ1n) is 8.19. The van der Waals surface area contributed by atoms with Crippen LogP contribution in [0.4, 0.5) is 0 Å². The van der Waals surface area contributed by atoms with Gasteiger partial charge in [0.25, 0.3) is 0 Å². The van der Waals surface area contributed by atoms with Crippen molar-refractivity contribution in [3.05, 3.63) is 39.6 Å². The number of imidazole rings is 1. The van der Waals surface area contributed by atoms with Crippen molar-refractivity contribution in [1.29, 1.82) is 0 Å². The number of fused-ring (bicyclic) bond motifs is 1. The third-order valence-electron chi connectivity index (χ3n) is 4.30. The lowest BCUT2D eigenvalue weighted by molar-refractivity contribution is 0.565. The first-order valence-corrected chi connectivity index (χ1v) is 9.01. The Morgan fingerprint density at radius 3 is 2.95 bits per heavy atom. The monoisotopic (exact) mass is 303 g/mol. The van der Waals surface area contributed by atoms with Crippen LogP contribution in [0, 0.1) is 0 Å². The number of nitrogens with zero attached hydrogens (tertiary/aromatic N) is 2. The molecule has 1 aliphatic carbocycles. The Balaban J connectivity index is 1.94. The highest BCUT2D eigenvalue weighted by atomic mass is 32.1. The van der Waals surface area contributed by atoms with Gasteiger partial charge in [-0.15, -0.1) is 11.3 Å². The van der Waals surface area contributed by atoms with E-state index in [0.717, 1.165) is 18.9 Å². The van der Waals surface area contributed by atoms with Crippen molar-refractivity contribution < 1.29 is 0 Å². The Bertz CT molecular complexity index is 561. The molecule has 0 saturated heterocycles. The highest BCUT2D eigenvalue weighted by Gasteiger charge is 2.22. The second kappa shape index (κ2) is 6.75. The van der Waals surface area contributed by atoms with Crippen LogP contribution in [0.3, 0.4) is 0 Å². The largest absolute Gasteiger partial charge is 0.334 e. The summed E-state index contributed by atoms with van der Waals surface area (Å²) in [5.74, 6) is 1.15. The van der Waals surface area contributed by atoms with Crippen LogP contribution < -0.4 is 5.32 Å². The van der Waals surface area contributed by atoms with E-state index >= 15 is 0 Å². The zero-order valence-corrected chi connectivity index (χ0v) is 13.9. The smallest absolute Gasteiger partial charge is 0.131 e. The van der Waals surface area contributed by atoms with Gasteiger partial charge >= 0.3 is 0 Å². The molecule has 1 unspecified atom stereocenters. The maximum absolute atomic E-state index is 4.61. The zero-order valence-electron chi connectivity index (χ0n) is 13.1. The van der Waals surface area contributed by atoms with E-state index in [9.17, 15) is 0 Å². The minimum Gasteiger partial charge on any atom is -0.334 e. The summed E-state index contributed by atoms with van der Waals surface area (Å²) in [4.78, 5) is 7.66. The van der Waals surface area contributed by atoms with Gasteiger partial charge in [0.05, 0.1) is 0 Å². The minimum atomic E-state index is 0.238. The van der Waals surface area contributed by atoms with Gasteiger partial charge in [-0.3, -0.25) is 0 Å². The summed E-state index contributed by atoms with van der Waals surface area (Å²) in [5.41, 5.74) is 1.59. The van der Waals surface area contributed by atoms with Gasteiger partial charge in [-0.05, 0) is 50.8 Å². The fourth-order valence-electron chi connectivity index (χ4n) is 3.20. The van der Waals surface area contributed by atoms with E-state index in [1.165, 1.54) is 37.0 Å². The molecule has 0 aliphatic heterocycles. The molecule has 4 heteroatoms. The van der Waals surface area contributed by atoms with Gasteiger partial charge < -0.3 is 9.88 Å². The Labute approximate surface area is 131 Å². The summed E-state index contributed by atoms with van der Waals surface area (Å²) in [7, 11) is 0. The molecule has 0 amide bonds. The number of hydrogen-bond acceptors (Lipinski definition) is 3. The van der Waals surface area contributed by atoms with Crippen LogP contribution in [0.15, 0.2) is 18.5 Å². The number of thiophene rings is 1. The summed E-state index contributed by atoms with van der Waals surface area (Å²) < 4.78 is 2.25. The molecule has 0 saturated carbocycles. The maximum atomic E-state index is 4.61. The van der Waals surface area contributed by atoms with Crippen LogP contribution in [0.2, 0.25) is 0 Å². The predicted octanol–water partition coefficient (Wildman–Crippen LogP) is 3.93. The quantitative estimate of drug-likeness (QED) is 0.848. The third-order valence-corrected chi connectivity index (χ3v) is 5.61. The van der Waals surface area contributed by atoms with E-state index < -0.39 is 0 Å². The Hall–Kier alpha value is -1.13. The molecule has 2 aromatic rings. The van der Waals surface area contributed by atoms with E-state index in [4.69, 9.17) is 0 Å². The van der Waals surface area contributed by atoms with Crippen molar-refractivity contribution in [2.75, 3.05) is 6.54 Å². The second-order valence-corrected chi connectivity index (χ2v) is 6.89. The van der Waals surface area contributed by atoms with E-state index in [1.807, 2.05) is 17.5 Å². The lowest BCUT2D eigenvalue weighted by atomic mass is 10.1. The average Bonchev–Trinajstić information content (AvgIpc) is 3.07. The molecule has 1 atom stereocenters. The molecule has 0 radical (unpaired) electrons. The molecule has 21 heavy (non-hydrogen) atoms. The molecule has 1 N–H and O–H groups in total. The standard InChI is InChI=1S/C17H25N3S/c1-3-18-16(17-19-10-11-20(17)4-2)15-12-13-8-6-5-7-9-14(13)21-15/h10-12,16,18H,3-9H2,1-2H3. The van der Waals surface area contributed by atoms with Crippen molar-refractivity contribution >= 4 is 11.3 Å². The van der Waals surface area contributed by atoms with Crippen LogP contribution in [-0.4, -0.2) is 16.1 Å². The summed E-state index contributed by atoms with van der Waals surface area (Å²) in [6.45, 7) is 6.29. The fraction of sp³-hybridized carbons (Fsp3) is 0.588. The van der Waals surface area contributed by atoms with Gasteiger partial charge in [-0.25, -0.2) is 4.98 Å². The third kappa shape index (κ3) is 3.06. The van der Waals surface area contributed by atoms with Crippen molar-refractivity contribution in [2.24, 2.45) is 0 Å². The van der Waals surface area contributed by atoms with Crippen molar-refractivity contribution in [3.63, 3.8) is 0 Å². The lowest BCUT2D eigenvalue weighted by Crippen LogP contribution is -2.24. The van der Waals surface area contributed by atoms with Crippen LogP contribution in [0.5, 0.6) is 0 Å². The topological polar surface area (TPSA) is 29.9 Å². The van der Waals surface area contributed by atoms with E-state index in [0.29, 0.717) is 0 Å². The van der Waals surface area contributed by atoms with Gasteiger partial charge in [-0.2, -0.15) is 0 Å². The van der Waals surface area contributed by atoms with Gasteiger partial charge in [-0.1, -0.05) is 13.3 Å². The second-order valence-electron chi connectivity index (χ2n) is 5.72. The number of nitrogens with one attached hydrogen (secondary N) is 1. The van der Waals surface area contributed by atoms with Crippen LogP contribution in [0.1, 0.15) is 60.3 Å². The van der Waals surface area contributed by atoms with Crippen LogP contribution in [-0.2, 0) is 19.4 Å². The Morgan fingerprint density at radius 2 is 2.14 bits per heavy atom. The van der Waals surface area contributed by atoms with Gasteiger partial charge in [0.15, 0.2) is 0 Å². The Morgan fingerprint density at radius 1 is 1.29 bits per heavy atom. The van der Waals surface area contributed by atoms with E-state index in [1.54, 1.807) is 10.4 Å². The maximum Gasteiger partial charge on any atom is 0.131 e. The number of aromatic nitrogens is 2. The molecule has 3 nitrogen and oxygen atoms in total. The summed E-state index contributed by atoms with van der Waals surface area (Å²) >= 11 is 2.00. The summed E-state index contributed by atoms with van der Waals surface area (Å²) in [6.07, 6.45) is 10.6. The molecule has 0 fully saturated rings. The molecule has 114 valence electrons. The molecule has 0 aromatic carbocycles. The SMILES string of the molecule is CCNC(c1cc2c(s1)CCCCC2)c1nccn1CC. The predicted molar refractivity (Wildman–Crippen MR) is 89.0 cm³/mol. The molecule has 1 aliphatic rings. The van der Waals surface area contributed by atoms with Crippen molar-refractivity contribution in [3.8, 4) is 0 Å². The van der Waals surface area contributed by atoms with E-state index in [-0.39, 0.29) is 6.04 Å². The van der Waals surface area contributed by atoms with Crippen molar-refractivity contribution in [1.82, 2.24) is 14.9 Å². The highest BCUT2D eigenvalue weighted by molar-refractivity contribution is 7.12. The highest BCUT2D eigenvalue weighted by Crippen LogP contribution is 2.34. The molecular weight excluding hydrogens is 278 g/mol. The Kier molecular flexibility index (Phi) is 4.76. The van der Waals surface area contributed by atoms with Crippen LogP contribution >= 0.6 is 11.3 Å². The first kappa shape index (κ1) is 14.8. The number of rotatable bonds is 5. The summed E-state index contributed by atoms with van der Waals surface area (Å²) in [5, 5.41) is 3.63.